The number of hydrogen-bond acceptors (Lipinski definition) is 6. The van der Waals surface area contributed by atoms with Crippen LogP contribution in [0.4, 0.5) is 11.8 Å². The summed E-state index contributed by atoms with van der Waals surface area (Å²) in [5.74, 6) is 1.44. The van der Waals surface area contributed by atoms with E-state index in [9.17, 15) is 8.42 Å². The molecule has 152 valence electrons. The second kappa shape index (κ2) is 7.96. The highest BCUT2D eigenvalue weighted by Gasteiger charge is 2.29. The van der Waals surface area contributed by atoms with E-state index in [1.165, 1.54) is 0 Å². The van der Waals surface area contributed by atoms with Crippen molar-refractivity contribution in [2.45, 2.75) is 18.7 Å². The summed E-state index contributed by atoms with van der Waals surface area (Å²) >= 11 is 0. The second-order valence-corrected chi connectivity index (χ2v) is 9.06. The van der Waals surface area contributed by atoms with Crippen molar-refractivity contribution in [3.05, 3.63) is 54.2 Å². The minimum atomic E-state index is -3.53. The van der Waals surface area contributed by atoms with Crippen LogP contribution in [0.15, 0.2) is 53.4 Å². The lowest BCUT2D eigenvalue weighted by Crippen LogP contribution is -2.49. The van der Waals surface area contributed by atoms with Crippen LogP contribution < -0.4 is 10.2 Å². The number of benzene rings is 2. The zero-order valence-electron chi connectivity index (χ0n) is 16.7. The van der Waals surface area contributed by atoms with Crippen LogP contribution >= 0.6 is 0 Å². The Labute approximate surface area is 171 Å². The standard InChI is InChI=1S/C21H25N5O2S/c1-3-22-20-14-16(2)23-21(24-20)25-10-12-26(13-11-25)29(27,28)19-9-8-17-6-4-5-7-18(17)15-19/h4-9,14-15H,3,10-13H2,1-2H3,(H,22,23,24). The topological polar surface area (TPSA) is 78.4 Å². The van der Waals surface area contributed by atoms with Gasteiger partial charge < -0.3 is 10.2 Å². The Hall–Kier alpha value is -2.71. The molecule has 1 aromatic heterocycles. The molecule has 0 amide bonds. The molecule has 0 spiro atoms. The van der Waals surface area contributed by atoms with E-state index in [1.807, 2.05) is 55.1 Å². The van der Waals surface area contributed by atoms with E-state index in [0.29, 0.717) is 37.0 Å². The summed E-state index contributed by atoms with van der Waals surface area (Å²) in [4.78, 5) is 11.5. The minimum absolute atomic E-state index is 0.339. The van der Waals surface area contributed by atoms with Gasteiger partial charge in [0.15, 0.2) is 0 Å². The molecule has 8 heteroatoms. The molecule has 0 unspecified atom stereocenters. The molecular formula is C21H25N5O2S. The van der Waals surface area contributed by atoms with Gasteiger partial charge in [-0.05, 0) is 36.8 Å². The lowest BCUT2D eigenvalue weighted by molar-refractivity contribution is 0.382. The first-order valence-electron chi connectivity index (χ1n) is 9.81. The highest BCUT2D eigenvalue weighted by atomic mass is 32.2. The molecule has 29 heavy (non-hydrogen) atoms. The second-order valence-electron chi connectivity index (χ2n) is 7.12. The number of sulfonamides is 1. The summed E-state index contributed by atoms with van der Waals surface area (Å²) in [7, 11) is -3.53. The predicted molar refractivity (Wildman–Crippen MR) is 116 cm³/mol. The van der Waals surface area contributed by atoms with Gasteiger partial charge in [0.1, 0.15) is 5.82 Å². The van der Waals surface area contributed by atoms with Crippen molar-refractivity contribution in [2.24, 2.45) is 0 Å². The molecule has 7 nitrogen and oxygen atoms in total. The fraction of sp³-hybridized carbons (Fsp3) is 0.333. The molecule has 1 N–H and O–H groups in total. The SMILES string of the molecule is CCNc1cc(C)nc(N2CCN(S(=O)(=O)c3ccc4ccccc4c3)CC2)n1. The Balaban J connectivity index is 1.51. The van der Waals surface area contributed by atoms with Crippen LogP contribution in [0.25, 0.3) is 10.8 Å². The molecule has 1 aliphatic rings. The maximum absolute atomic E-state index is 13.1. The van der Waals surface area contributed by atoms with Crippen LogP contribution in [0.3, 0.4) is 0 Å². The van der Waals surface area contributed by atoms with E-state index in [0.717, 1.165) is 28.8 Å². The number of fused-ring (bicyclic) bond motifs is 1. The maximum Gasteiger partial charge on any atom is 0.243 e. The fourth-order valence-electron chi connectivity index (χ4n) is 3.57. The molecule has 0 aliphatic carbocycles. The maximum atomic E-state index is 13.1. The zero-order valence-corrected chi connectivity index (χ0v) is 17.5. The molecule has 0 saturated carbocycles. The molecule has 2 heterocycles. The summed E-state index contributed by atoms with van der Waals surface area (Å²) in [6, 6.07) is 15.0. The van der Waals surface area contributed by atoms with Crippen molar-refractivity contribution in [3.8, 4) is 0 Å². The van der Waals surface area contributed by atoms with E-state index < -0.39 is 10.0 Å². The first-order valence-corrected chi connectivity index (χ1v) is 11.2. The van der Waals surface area contributed by atoms with Crippen LogP contribution in [0.5, 0.6) is 0 Å². The lowest BCUT2D eigenvalue weighted by Gasteiger charge is -2.34. The van der Waals surface area contributed by atoms with Gasteiger partial charge in [0.2, 0.25) is 16.0 Å². The number of nitrogens with one attached hydrogen (secondary N) is 1. The van der Waals surface area contributed by atoms with Gasteiger partial charge in [0.05, 0.1) is 4.90 Å². The van der Waals surface area contributed by atoms with Gasteiger partial charge in [-0.25, -0.2) is 13.4 Å². The molecule has 0 bridgehead atoms. The van der Waals surface area contributed by atoms with E-state index in [-0.39, 0.29) is 0 Å². The van der Waals surface area contributed by atoms with Crippen LogP contribution in [-0.2, 0) is 10.0 Å². The minimum Gasteiger partial charge on any atom is -0.370 e. The summed E-state index contributed by atoms with van der Waals surface area (Å²) < 4.78 is 27.8. The monoisotopic (exact) mass is 411 g/mol. The van der Waals surface area contributed by atoms with Gasteiger partial charge in [-0.15, -0.1) is 0 Å². The van der Waals surface area contributed by atoms with Gasteiger partial charge in [0, 0.05) is 44.5 Å². The normalized spacial score (nSPS) is 15.6. The number of aromatic nitrogens is 2. The van der Waals surface area contributed by atoms with Gasteiger partial charge in [0.25, 0.3) is 0 Å². The third-order valence-electron chi connectivity index (χ3n) is 5.08. The number of anilines is 2. The van der Waals surface area contributed by atoms with Crippen molar-refractivity contribution >= 4 is 32.6 Å². The van der Waals surface area contributed by atoms with Gasteiger partial charge in [-0.1, -0.05) is 30.3 Å². The average Bonchev–Trinajstić information content (AvgIpc) is 2.73. The quantitative estimate of drug-likeness (QED) is 0.696. The largest absolute Gasteiger partial charge is 0.370 e. The Morgan fingerprint density at radius 2 is 1.69 bits per heavy atom. The van der Waals surface area contributed by atoms with Gasteiger partial charge in [-0.2, -0.15) is 9.29 Å². The summed E-state index contributed by atoms with van der Waals surface area (Å²) in [6.07, 6.45) is 0. The van der Waals surface area contributed by atoms with Crippen molar-refractivity contribution in [2.75, 3.05) is 42.9 Å². The summed E-state index contributed by atoms with van der Waals surface area (Å²) in [5.41, 5.74) is 0.886. The van der Waals surface area contributed by atoms with Crippen molar-refractivity contribution in [1.29, 1.82) is 0 Å². The number of piperazine rings is 1. The Morgan fingerprint density at radius 1 is 0.966 bits per heavy atom. The lowest BCUT2D eigenvalue weighted by atomic mass is 10.1. The van der Waals surface area contributed by atoms with Crippen LogP contribution in [0.2, 0.25) is 0 Å². The third kappa shape index (κ3) is 4.04. The Kier molecular flexibility index (Phi) is 5.38. The average molecular weight is 412 g/mol. The van der Waals surface area contributed by atoms with E-state index in [4.69, 9.17) is 0 Å². The molecule has 1 fully saturated rings. The summed E-state index contributed by atoms with van der Waals surface area (Å²) in [6.45, 7) is 6.67. The smallest absolute Gasteiger partial charge is 0.243 e. The fourth-order valence-corrected chi connectivity index (χ4v) is 5.03. The van der Waals surface area contributed by atoms with E-state index in [1.54, 1.807) is 16.4 Å². The predicted octanol–water partition coefficient (Wildman–Crippen LogP) is 2.88. The van der Waals surface area contributed by atoms with E-state index >= 15 is 0 Å². The molecular weight excluding hydrogens is 386 g/mol. The van der Waals surface area contributed by atoms with Gasteiger partial charge in [-0.3, -0.25) is 0 Å². The number of aryl methyl sites for hydroxylation is 1. The van der Waals surface area contributed by atoms with E-state index in [2.05, 4.69) is 15.3 Å². The molecule has 0 radical (unpaired) electrons. The highest BCUT2D eigenvalue weighted by Crippen LogP contribution is 2.24. The van der Waals surface area contributed by atoms with Crippen LogP contribution in [0.1, 0.15) is 12.6 Å². The Bertz CT molecular complexity index is 1120. The first-order chi connectivity index (χ1) is 14.0. The van der Waals surface area contributed by atoms with Crippen molar-refractivity contribution < 1.29 is 8.42 Å². The van der Waals surface area contributed by atoms with Gasteiger partial charge >= 0.3 is 0 Å². The summed E-state index contributed by atoms with van der Waals surface area (Å²) in [5, 5.41) is 5.17. The first kappa shape index (κ1) is 19.6. The molecule has 4 rings (SSSR count). The van der Waals surface area contributed by atoms with Crippen molar-refractivity contribution in [1.82, 2.24) is 14.3 Å². The molecule has 0 atom stereocenters. The molecule has 3 aromatic rings. The zero-order chi connectivity index (χ0) is 20.4. The molecule has 2 aromatic carbocycles. The Morgan fingerprint density at radius 3 is 2.41 bits per heavy atom. The number of hydrogen-bond donors (Lipinski definition) is 1. The third-order valence-corrected chi connectivity index (χ3v) is 6.98. The van der Waals surface area contributed by atoms with Crippen LogP contribution in [-0.4, -0.2) is 55.4 Å². The number of nitrogens with zero attached hydrogens (tertiary/aromatic N) is 4. The number of rotatable bonds is 5. The highest BCUT2D eigenvalue weighted by molar-refractivity contribution is 7.89. The van der Waals surface area contributed by atoms with Crippen LogP contribution in [0, 0.1) is 6.92 Å². The van der Waals surface area contributed by atoms with Crippen molar-refractivity contribution in [3.63, 3.8) is 0 Å². The molecule has 1 aliphatic heterocycles. The molecule has 1 saturated heterocycles.